The van der Waals surface area contributed by atoms with Gasteiger partial charge in [0, 0.05) is 13.0 Å². The molecule has 1 unspecified atom stereocenters. The highest BCUT2D eigenvalue weighted by Crippen LogP contribution is 2.13. The molecule has 0 aliphatic carbocycles. The monoisotopic (exact) mass is 327 g/mol. The summed E-state index contributed by atoms with van der Waals surface area (Å²) in [6.45, 7) is 0.254. The van der Waals surface area contributed by atoms with Gasteiger partial charge in [-0.05, 0) is 23.1 Å². The van der Waals surface area contributed by atoms with Crippen LogP contribution in [0.15, 0.2) is 54.6 Å². The van der Waals surface area contributed by atoms with Crippen molar-refractivity contribution in [1.82, 2.24) is 5.32 Å². The van der Waals surface area contributed by atoms with Crippen molar-refractivity contribution in [3.63, 3.8) is 0 Å². The molecule has 0 saturated carbocycles. The molecule has 2 rings (SSSR count). The molecule has 126 valence electrons. The first-order valence-corrected chi connectivity index (χ1v) is 7.80. The summed E-state index contributed by atoms with van der Waals surface area (Å²) in [6, 6.07) is 16.5. The maximum absolute atomic E-state index is 12.1. The number of nitrogens with one attached hydrogen (secondary N) is 1. The van der Waals surface area contributed by atoms with E-state index in [-0.39, 0.29) is 18.9 Å². The van der Waals surface area contributed by atoms with Crippen LogP contribution in [0.3, 0.4) is 0 Å². The SMILES string of the molecule is O=C(CC(Cc1ccccc1)C(=O)O)NCc1cccc(CO)c1. The zero-order valence-electron chi connectivity index (χ0n) is 13.3. The van der Waals surface area contributed by atoms with Crippen molar-refractivity contribution >= 4 is 11.9 Å². The number of carboxylic acids is 1. The number of aliphatic hydroxyl groups is 1. The Bertz CT molecular complexity index is 685. The molecule has 3 N–H and O–H groups in total. The number of aliphatic hydroxyl groups excluding tert-OH is 1. The number of carbonyl (C=O) groups excluding carboxylic acids is 1. The van der Waals surface area contributed by atoms with E-state index in [0.29, 0.717) is 13.0 Å². The van der Waals surface area contributed by atoms with Gasteiger partial charge in [-0.2, -0.15) is 0 Å². The Morgan fingerprint density at radius 3 is 2.29 bits per heavy atom. The summed E-state index contributed by atoms with van der Waals surface area (Å²) < 4.78 is 0. The first-order valence-electron chi connectivity index (χ1n) is 7.80. The average molecular weight is 327 g/mol. The molecule has 0 saturated heterocycles. The van der Waals surface area contributed by atoms with Crippen molar-refractivity contribution in [3.05, 3.63) is 71.3 Å². The third-order valence-corrected chi connectivity index (χ3v) is 3.77. The van der Waals surface area contributed by atoms with Gasteiger partial charge in [0.2, 0.25) is 5.91 Å². The van der Waals surface area contributed by atoms with Gasteiger partial charge >= 0.3 is 5.97 Å². The van der Waals surface area contributed by atoms with Crippen LogP contribution in [0.2, 0.25) is 0 Å². The lowest BCUT2D eigenvalue weighted by Crippen LogP contribution is -2.29. The molecule has 2 aromatic rings. The van der Waals surface area contributed by atoms with E-state index in [9.17, 15) is 14.7 Å². The molecule has 5 nitrogen and oxygen atoms in total. The van der Waals surface area contributed by atoms with Crippen molar-refractivity contribution in [1.29, 1.82) is 0 Å². The molecule has 5 heteroatoms. The predicted octanol–water partition coefficient (Wildman–Crippen LogP) is 2.13. The number of carboxylic acid groups (broad SMARTS) is 1. The van der Waals surface area contributed by atoms with Crippen LogP contribution in [0, 0.1) is 5.92 Å². The molecule has 0 radical (unpaired) electrons. The van der Waals surface area contributed by atoms with Gasteiger partial charge in [0.1, 0.15) is 0 Å². The van der Waals surface area contributed by atoms with Crippen molar-refractivity contribution in [2.24, 2.45) is 5.92 Å². The van der Waals surface area contributed by atoms with Crippen LogP contribution in [0.1, 0.15) is 23.1 Å². The van der Waals surface area contributed by atoms with E-state index in [1.165, 1.54) is 0 Å². The first-order chi connectivity index (χ1) is 11.6. The maximum atomic E-state index is 12.1. The second-order valence-electron chi connectivity index (χ2n) is 5.68. The lowest BCUT2D eigenvalue weighted by atomic mass is 9.96. The molecule has 0 aliphatic heterocycles. The minimum atomic E-state index is -0.976. The zero-order chi connectivity index (χ0) is 17.4. The summed E-state index contributed by atoms with van der Waals surface area (Å²) in [5.41, 5.74) is 2.53. The van der Waals surface area contributed by atoms with Crippen molar-refractivity contribution in [3.8, 4) is 0 Å². The lowest BCUT2D eigenvalue weighted by Gasteiger charge is -2.13. The molecular formula is C19H21NO4. The second kappa shape index (κ2) is 8.84. The fourth-order valence-electron chi connectivity index (χ4n) is 2.48. The molecule has 0 bridgehead atoms. The summed E-state index contributed by atoms with van der Waals surface area (Å²) in [6.07, 6.45) is 0.257. The normalized spacial score (nSPS) is 11.7. The topological polar surface area (TPSA) is 86.6 Å². The number of hydrogen-bond acceptors (Lipinski definition) is 3. The summed E-state index contributed by atoms with van der Waals surface area (Å²) in [4.78, 5) is 23.4. The van der Waals surface area contributed by atoms with Gasteiger partial charge in [0.05, 0.1) is 12.5 Å². The molecule has 0 aliphatic rings. The van der Waals surface area contributed by atoms with E-state index in [1.807, 2.05) is 42.5 Å². The maximum Gasteiger partial charge on any atom is 0.307 e. The molecule has 0 fully saturated rings. The highest BCUT2D eigenvalue weighted by molar-refractivity contribution is 5.82. The van der Waals surface area contributed by atoms with Gasteiger partial charge in [0.25, 0.3) is 0 Å². The van der Waals surface area contributed by atoms with Crippen LogP contribution in [-0.4, -0.2) is 22.1 Å². The number of aliphatic carboxylic acids is 1. The number of carbonyl (C=O) groups is 2. The Morgan fingerprint density at radius 2 is 1.62 bits per heavy atom. The third kappa shape index (κ3) is 5.52. The molecule has 0 aromatic heterocycles. The van der Waals surface area contributed by atoms with Crippen molar-refractivity contribution in [2.45, 2.75) is 26.0 Å². The summed E-state index contributed by atoms with van der Waals surface area (Å²) in [7, 11) is 0. The molecule has 1 atom stereocenters. The van der Waals surface area contributed by atoms with Crippen molar-refractivity contribution in [2.75, 3.05) is 0 Å². The van der Waals surface area contributed by atoms with Crippen LogP contribution in [0.4, 0.5) is 0 Å². The summed E-state index contributed by atoms with van der Waals surface area (Å²) in [5, 5.41) is 21.2. The molecule has 24 heavy (non-hydrogen) atoms. The smallest absolute Gasteiger partial charge is 0.307 e. The van der Waals surface area contributed by atoms with E-state index in [0.717, 1.165) is 16.7 Å². The Labute approximate surface area is 141 Å². The van der Waals surface area contributed by atoms with Gasteiger partial charge in [-0.1, -0.05) is 54.6 Å². The van der Waals surface area contributed by atoms with Gasteiger partial charge in [-0.25, -0.2) is 0 Å². The van der Waals surface area contributed by atoms with E-state index < -0.39 is 11.9 Å². The summed E-state index contributed by atoms with van der Waals surface area (Å²) >= 11 is 0. The van der Waals surface area contributed by atoms with Gasteiger partial charge in [-0.15, -0.1) is 0 Å². The number of amides is 1. The number of rotatable bonds is 8. The van der Waals surface area contributed by atoms with E-state index in [4.69, 9.17) is 5.11 Å². The molecular weight excluding hydrogens is 306 g/mol. The highest BCUT2D eigenvalue weighted by Gasteiger charge is 2.21. The average Bonchev–Trinajstić information content (AvgIpc) is 2.60. The lowest BCUT2D eigenvalue weighted by molar-refractivity contribution is -0.144. The molecule has 1 amide bonds. The van der Waals surface area contributed by atoms with E-state index in [2.05, 4.69) is 5.32 Å². The van der Waals surface area contributed by atoms with Gasteiger partial charge < -0.3 is 15.5 Å². The minimum absolute atomic E-state index is 0.0556. The third-order valence-electron chi connectivity index (χ3n) is 3.77. The van der Waals surface area contributed by atoms with E-state index >= 15 is 0 Å². The Kier molecular flexibility index (Phi) is 6.51. The minimum Gasteiger partial charge on any atom is -0.481 e. The van der Waals surface area contributed by atoms with Crippen LogP contribution in [0.5, 0.6) is 0 Å². The fraction of sp³-hybridized carbons (Fsp3) is 0.263. The standard InChI is InChI=1S/C19H21NO4/c21-13-16-8-4-7-15(9-16)12-20-18(22)11-17(19(23)24)10-14-5-2-1-3-6-14/h1-9,17,21H,10-13H2,(H,20,22)(H,23,24). The summed E-state index contributed by atoms with van der Waals surface area (Å²) in [5.74, 6) is -2.03. The van der Waals surface area contributed by atoms with Gasteiger partial charge in [-0.3, -0.25) is 9.59 Å². The van der Waals surface area contributed by atoms with Crippen LogP contribution >= 0.6 is 0 Å². The van der Waals surface area contributed by atoms with Crippen LogP contribution in [0.25, 0.3) is 0 Å². The zero-order valence-corrected chi connectivity index (χ0v) is 13.3. The first kappa shape index (κ1) is 17.7. The van der Waals surface area contributed by atoms with Crippen LogP contribution in [-0.2, 0) is 29.2 Å². The number of benzene rings is 2. The molecule has 0 heterocycles. The van der Waals surface area contributed by atoms with Crippen LogP contribution < -0.4 is 5.32 Å². The Balaban J connectivity index is 1.89. The highest BCUT2D eigenvalue weighted by atomic mass is 16.4. The van der Waals surface area contributed by atoms with E-state index in [1.54, 1.807) is 12.1 Å². The number of hydrogen-bond donors (Lipinski definition) is 3. The quantitative estimate of drug-likeness (QED) is 0.693. The Hall–Kier alpha value is -2.66. The molecule has 0 spiro atoms. The fourth-order valence-corrected chi connectivity index (χ4v) is 2.48. The predicted molar refractivity (Wildman–Crippen MR) is 90.1 cm³/mol. The molecule has 2 aromatic carbocycles. The largest absolute Gasteiger partial charge is 0.481 e. The Morgan fingerprint density at radius 1 is 0.958 bits per heavy atom. The van der Waals surface area contributed by atoms with Crippen molar-refractivity contribution < 1.29 is 19.8 Å². The van der Waals surface area contributed by atoms with Gasteiger partial charge in [0.15, 0.2) is 0 Å². The second-order valence-corrected chi connectivity index (χ2v) is 5.68.